The molecule has 1 aliphatic carbocycles. The number of nitrogens with one attached hydrogen (secondary N) is 1. The Morgan fingerprint density at radius 2 is 1.76 bits per heavy atom. The van der Waals surface area contributed by atoms with Gasteiger partial charge in [0.25, 0.3) is 5.91 Å². The maximum atomic E-state index is 13.1. The van der Waals surface area contributed by atoms with Crippen LogP contribution in [0.5, 0.6) is 0 Å². The molecule has 2 bridgehead atoms. The van der Waals surface area contributed by atoms with E-state index < -0.39 is 0 Å². The molecule has 2 atom stereocenters. The zero-order chi connectivity index (χ0) is 25.5. The summed E-state index contributed by atoms with van der Waals surface area (Å²) < 4.78 is 4.93. The number of pyridine rings is 1. The van der Waals surface area contributed by atoms with Crippen LogP contribution in [0.3, 0.4) is 0 Å². The van der Waals surface area contributed by atoms with Crippen molar-refractivity contribution in [3.63, 3.8) is 0 Å². The van der Waals surface area contributed by atoms with E-state index in [4.69, 9.17) is 4.74 Å². The van der Waals surface area contributed by atoms with Gasteiger partial charge < -0.3 is 10.1 Å². The molecule has 3 heterocycles. The van der Waals surface area contributed by atoms with Crippen LogP contribution in [-0.2, 0) is 4.74 Å². The number of fused-ring (bicyclic) bond motifs is 6. The third-order valence-electron chi connectivity index (χ3n) is 8.83. The zero-order valence-corrected chi connectivity index (χ0v) is 21.7. The van der Waals surface area contributed by atoms with Gasteiger partial charge in [-0.1, -0.05) is 18.2 Å². The smallest absolute Gasteiger partial charge is 0.337 e. The number of benzene rings is 2. The van der Waals surface area contributed by atoms with E-state index in [1.54, 1.807) is 0 Å². The highest BCUT2D eigenvalue weighted by atomic mass is 16.5. The first-order chi connectivity index (χ1) is 18.0. The Labute approximate surface area is 218 Å². The van der Waals surface area contributed by atoms with Crippen molar-refractivity contribution in [2.45, 2.75) is 70.0 Å². The standard InChI is InChI=1S/C31H35N3O3/c1-19-6-12-23-25(4-3-5-27(23)32-19)30(35)33-22-10-7-20(8-11-22)16-17-34-28-14-15-29(34)26-18-21(31(36)37-2)9-13-24(26)28/h3-6,9,12-13,18,20,22,28-29H,7-8,10-11,14-17H2,1-2H3,(H,33,35)/t20?,22?,28-,29+/m0/s1. The molecule has 192 valence electrons. The lowest BCUT2D eigenvalue weighted by Crippen LogP contribution is -2.38. The van der Waals surface area contributed by atoms with Crippen molar-refractivity contribution in [3.8, 4) is 0 Å². The minimum Gasteiger partial charge on any atom is -0.465 e. The summed E-state index contributed by atoms with van der Waals surface area (Å²) in [5, 5.41) is 4.22. The van der Waals surface area contributed by atoms with Gasteiger partial charge in [-0.3, -0.25) is 14.7 Å². The Hall–Kier alpha value is -3.25. The van der Waals surface area contributed by atoms with Gasteiger partial charge in [-0.2, -0.15) is 0 Å². The van der Waals surface area contributed by atoms with Crippen LogP contribution in [0.1, 0.15) is 94.6 Å². The molecule has 0 spiro atoms. The summed E-state index contributed by atoms with van der Waals surface area (Å²) >= 11 is 0. The number of methoxy groups -OCH3 is 1. The number of aromatic nitrogens is 1. The molecule has 1 saturated heterocycles. The molecule has 1 saturated carbocycles. The van der Waals surface area contributed by atoms with E-state index in [1.807, 2.05) is 43.3 Å². The molecule has 3 aromatic rings. The van der Waals surface area contributed by atoms with Gasteiger partial charge in [0, 0.05) is 34.8 Å². The fraction of sp³-hybridized carbons (Fsp3) is 0.452. The summed E-state index contributed by atoms with van der Waals surface area (Å²) in [6.45, 7) is 3.07. The lowest BCUT2D eigenvalue weighted by atomic mass is 9.84. The van der Waals surface area contributed by atoms with E-state index >= 15 is 0 Å². The van der Waals surface area contributed by atoms with E-state index in [1.165, 1.54) is 37.5 Å². The predicted octanol–water partition coefficient (Wildman–Crippen LogP) is 5.90. The van der Waals surface area contributed by atoms with E-state index in [0.29, 0.717) is 29.1 Å². The molecule has 1 N–H and O–H groups in total. The van der Waals surface area contributed by atoms with Gasteiger partial charge >= 0.3 is 5.97 Å². The number of hydrogen-bond donors (Lipinski definition) is 1. The highest BCUT2D eigenvalue weighted by Crippen LogP contribution is 2.53. The second-order valence-electron chi connectivity index (χ2n) is 11.0. The quantitative estimate of drug-likeness (QED) is 0.429. The van der Waals surface area contributed by atoms with Crippen LogP contribution in [0.25, 0.3) is 10.9 Å². The van der Waals surface area contributed by atoms with Gasteiger partial charge in [-0.25, -0.2) is 4.79 Å². The number of amides is 1. The van der Waals surface area contributed by atoms with Crippen molar-refractivity contribution >= 4 is 22.8 Å². The fourth-order valence-corrected chi connectivity index (χ4v) is 6.90. The van der Waals surface area contributed by atoms with E-state index in [9.17, 15) is 9.59 Å². The topological polar surface area (TPSA) is 71.5 Å². The van der Waals surface area contributed by atoms with Crippen LogP contribution in [0.15, 0.2) is 48.5 Å². The van der Waals surface area contributed by atoms with E-state index in [0.717, 1.165) is 48.8 Å². The van der Waals surface area contributed by atoms with Gasteiger partial charge in [0.1, 0.15) is 0 Å². The van der Waals surface area contributed by atoms with Crippen LogP contribution in [-0.4, -0.2) is 41.5 Å². The Morgan fingerprint density at radius 1 is 0.973 bits per heavy atom. The number of hydrogen-bond acceptors (Lipinski definition) is 5. The van der Waals surface area contributed by atoms with Gasteiger partial charge in [0.2, 0.25) is 0 Å². The number of ether oxygens (including phenoxy) is 1. The number of aryl methyl sites for hydroxylation is 1. The van der Waals surface area contributed by atoms with Crippen molar-refractivity contribution in [3.05, 3.63) is 76.5 Å². The Bertz CT molecular complexity index is 1340. The lowest BCUT2D eigenvalue weighted by molar-refractivity contribution is 0.0600. The average Bonchev–Trinajstić information content (AvgIpc) is 3.47. The molecule has 6 heteroatoms. The lowest BCUT2D eigenvalue weighted by Gasteiger charge is -2.31. The Balaban J connectivity index is 1.02. The van der Waals surface area contributed by atoms with Gasteiger partial charge in [0.05, 0.1) is 18.2 Å². The fourth-order valence-electron chi connectivity index (χ4n) is 6.90. The minimum absolute atomic E-state index is 0.0115. The van der Waals surface area contributed by atoms with Gasteiger partial charge in [-0.05, 0) is 106 Å². The SMILES string of the molecule is COC(=O)c1ccc2c(c1)[C@H]1CC[C@@H]2N1CCC1CCC(NC(=O)c2cccc3nc(C)ccc23)CC1. The third kappa shape index (κ3) is 4.52. The molecule has 6 rings (SSSR count). The Kier molecular flexibility index (Phi) is 6.45. The van der Waals surface area contributed by atoms with Crippen molar-refractivity contribution in [2.75, 3.05) is 13.7 Å². The minimum atomic E-state index is -0.256. The summed E-state index contributed by atoms with van der Waals surface area (Å²) in [6, 6.07) is 17.0. The second-order valence-corrected chi connectivity index (χ2v) is 11.0. The van der Waals surface area contributed by atoms with Crippen LogP contribution < -0.4 is 5.32 Å². The molecule has 1 aromatic heterocycles. The van der Waals surface area contributed by atoms with Crippen LogP contribution in [0.4, 0.5) is 0 Å². The van der Waals surface area contributed by atoms with E-state index in [-0.39, 0.29) is 17.9 Å². The normalized spacial score (nSPS) is 24.7. The van der Waals surface area contributed by atoms with Crippen molar-refractivity contribution in [1.82, 2.24) is 15.2 Å². The van der Waals surface area contributed by atoms with Gasteiger partial charge in [-0.15, -0.1) is 0 Å². The highest BCUT2D eigenvalue weighted by molar-refractivity contribution is 6.06. The number of nitrogens with zero attached hydrogens (tertiary/aromatic N) is 2. The molecule has 2 aliphatic heterocycles. The molecule has 6 nitrogen and oxygen atoms in total. The van der Waals surface area contributed by atoms with Crippen molar-refractivity contribution in [1.29, 1.82) is 0 Å². The van der Waals surface area contributed by atoms with Gasteiger partial charge in [0.15, 0.2) is 0 Å². The maximum Gasteiger partial charge on any atom is 0.337 e. The molecule has 3 aliphatic rings. The van der Waals surface area contributed by atoms with Crippen molar-refractivity contribution in [2.24, 2.45) is 5.92 Å². The average molecular weight is 498 g/mol. The molecule has 2 aromatic carbocycles. The van der Waals surface area contributed by atoms with E-state index in [2.05, 4.69) is 27.3 Å². The Morgan fingerprint density at radius 3 is 2.54 bits per heavy atom. The molecule has 2 fully saturated rings. The van der Waals surface area contributed by atoms with Crippen LogP contribution in [0, 0.1) is 12.8 Å². The summed E-state index contributed by atoms with van der Waals surface area (Å²) in [6.07, 6.45) is 7.96. The highest BCUT2D eigenvalue weighted by Gasteiger charge is 2.43. The first-order valence-corrected chi connectivity index (χ1v) is 13.7. The molecular weight excluding hydrogens is 462 g/mol. The van der Waals surface area contributed by atoms with Crippen molar-refractivity contribution < 1.29 is 14.3 Å². The third-order valence-corrected chi connectivity index (χ3v) is 8.83. The number of esters is 1. The molecule has 37 heavy (non-hydrogen) atoms. The summed E-state index contributed by atoms with van der Waals surface area (Å²) in [7, 11) is 1.44. The predicted molar refractivity (Wildman–Crippen MR) is 144 cm³/mol. The zero-order valence-electron chi connectivity index (χ0n) is 21.7. The second kappa shape index (κ2) is 9.90. The first kappa shape index (κ1) is 24.1. The summed E-state index contributed by atoms with van der Waals surface area (Å²) in [5.41, 5.74) is 5.92. The summed E-state index contributed by atoms with van der Waals surface area (Å²) in [5.74, 6) is 0.456. The molecular formula is C31H35N3O3. The number of carbonyl (C=O) groups excluding carboxylic acids is 2. The monoisotopic (exact) mass is 497 g/mol. The molecule has 1 amide bonds. The number of rotatable bonds is 6. The van der Waals surface area contributed by atoms with Crippen LogP contribution in [0.2, 0.25) is 0 Å². The largest absolute Gasteiger partial charge is 0.465 e. The molecule has 0 radical (unpaired) electrons. The van der Waals surface area contributed by atoms with Crippen LogP contribution >= 0.6 is 0 Å². The summed E-state index contributed by atoms with van der Waals surface area (Å²) in [4.78, 5) is 32.3. The molecule has 0 unspecified atom stereocenters. The number of carbonyl (C=O) groups is 2. The maximum absolute atomic E-state index is 13.1. The first-order valence-electron chi connectivity index (χ1n) is 13.7.